The molecule has 0 spiro atoms. The van der Waals surface area contributed by atoms with Gasteiger partial charge in [-0.2, -0.15) is 17.6 Å². The Morgan fingerprint density at radius 1 is 1.00 bits per heavy atom. The fourth-order valence-electron chi connectivity index (χ4n) is 0.246. The van der Waals surface area contributed by atoms with E-state index in [0.717, 1.165) is 0 Å². The molecule has 1 N–H and O–H groups in total. The normalized spacial score (nSPS) is 32.6. The van der Waals surface area contributed by atoms with E-state index in [4.69, 9.17) is 5.21 Å². The summed E-state index contributed by atoms with van der Waals surface area (Å²) in [6, 6.07) is -8.68. The summed E-state index contributed by atoms with van der Waals surface area (Å²) in [7, 11) is 0. The molecule has 0 aromatic rings. The molecule has 1 saturated heterocycles. The summed E-state index contributed by atoms with van der Waals surface area (Å²) in [5, 5.41) is 6.26. The lowest BCUT2D eigenvalue weighted by atomic mass is 10.8. The SMILES string of the molecule is ON1C(F)(F)C1(F)F. The van der Waals surface area contributed by atoms with Crippen LogP contribution in [0.5, 0.6) is 0 Å². The maximum absolute atomic E-state index is 11.2. The van der Waals surface area contributed by atoms with Crippen LogP contribution < -0.4 is 0 Å². The van der Waals surface area contributed by atoms with Gasteiger partial charge in [-0.05, 0) is 5.06 Å². The van der Waals surface area contributed by atoms with Gasteiger partial charge in [-0.15, -0.1) is 0 Å². The van der Waals surface area contributed by atoms with E-state index in [0.29, 0.717) is 0 Å². The summed E-state index contributed by atoms with van der Waals surface area (Å²) in [4.78, 5) is 0. The van der Waals surface area contributed by atoms with E-state index in [2.05, 4.69) is 0 Å². The lowest BCUT2D eigenvalue weighted by Gasteiger charge is -1.81. The Morgan fingerprint density at radius 3 is 1.12 bits per heavy atom. The molecule has 1 rings (SSSR count). The molecule has 0 amide bonds. The van der Waals surface area contributed by atoms with Gasteiger partial charge in [-0.25, -0.2) is 0 Å². The van der Waals surface area contributed by atoms with Crippen molar-refractivity contribution < 1.29 is 22.8 Å². The number of rotatable bonds is 0. The van der Waals surface area contributed by atoms with Crippen molar-refractivity contribution in [3.8, 4) is 0 Å². The molecule has 8 heavy (non-hydrogen) atoms. The largest absolute Gasteiger partial charge is 0.410 e. The molecule has 1 heterocycles. The average Bonchev–Trinajstić information content (AvgIpc) is 1.88. The fourth-order valence-corrected chi connectivity index (χ4v) is 0.246. The molecule has 0 aromatic carbocycles. The molecule has 0 bridgehead atoms. The van der Waals surface area contributed by atoms with Gasteiger partial charge in [0.2, 0.25) is 0 Å². The minimum Gasteiger partial charge on any atom is -0.303 e. The second-order valence-corrected chi connectivity index (χ2v) is 1.39. The van der Waals surface area contributed by atoms with Gasteiger partial charge in [-0.3, -0.25) is 0 Å². The molecular weight excluding hydrogens is 130 g/mol. The van der Waals surface area contributed by atoms with E-state index in [9.17, 15) is 17.6 Å². The van der Waals surface area contributed by atoms with Crippen molar-refractivity contribution in [1.29, 1.82) is 0 Å². The molecule has 48 valence electrons. The first-order chi connectivity index (χ1) is 3.40. The molecule has 1 aliphatic rings. The molecule has 0 radical (unpaired) electrons. The molecule has 0 aliphatic carbocycles. The third-order valence-corrected chi connectivity index (χ3v) is 0.844. The van der Waals surface area contributed by atoms with E-state index in [1.54, 1.807) is 0 Å². The Balaban J connectivity index is 2.72. The summed E-state index contributed by atoms with van der Waals surface area (Å²) in [5.74, 6) is 0. The van der Waals surface area contributed by atoms with E-state index >= 15 is 0 Å². The zero-order valence-corrected chi connectivity index (χ0v) is 3.41. The van der Waals surface area contributed by atoms with E-state index in [-0.39, 0.29) is 0 Å². The summed E-state index contributed by atoms with van der Waals surface area (Å²) < 4.78 is 44.9. The highest BCUT2D eigenvalue weighted by Crippen LogP contribution is 2.54. The minimum absolute atomic E-state index is 1.29. The third-order valence-electron chi connectivity index (χ3n) is 0.844. The molecule has 0 saturated carbocycles. The smallest absolute Gasteiger partial charge is 0.303 e. The van der Waals surface area contributed by atoms with Crippen LogP contribution in [0.2, 0.25) is 0 Å². The summed E-state index contributed by atoms with van der Waals surface area (Å²) in [6.07, 6.45) is 0. The summed E-state index contributed by atoms with van der Waals surface area (Å²) in [5.41, 5.74) is 0. The highest BCUT2D eigenvalue weighted by Gasteiger charge is 2.85. The first-order valence-electron chi connectivity index (χ1n) is 1.65. The number of nitrogens with zero attached hydrogens (tertiary/aromatic N) is 1. The molecule has 6 heteroatoms. The van der Waals surface area contributed by atoms with Gasteiger partial charge < -0.3 is 5.21 Å². The quantitative estimate of drug-likeness (QED) is 0.299. The van der Waals surface area contributed by atoms with Crippen LogP contribution in [0.4, 0.5) is 17.6 Å². The van der Waals surface area contributed by atoms with Crippen molar-refractivity contribution >= 4 is 0 Å². The van der Waals surface area contributed by atoms with Crippen LogP contribution >= 0.6 is 0 Å². The number of hydrogen-bond donors (Lipinski definition) is 1. The molecule has 0 aromatic heterocycles. The number of alkyl halides is 4. The monoisotopic (exact) mass is 131 g/mol. The average molecular weight is 131 g/mol. The Bertz CT molecular complexity index is 109. The van der Waals surface area contributed by atoms with Crippen LogP contribution in [0.1, 0.15) is 0 Å². The predicted molar refractivity (Wildman–Crippen MR) is 13.5 cm³/mol. The lowest BCUT2D eigenvalue weighted by Crippen LogP contribution is -2.02. The van der Waals surface area contributed by atoms with Crippen molar-refractivity contribution in [3.63, 3.8) is 0 Å². The number of hydroxylamine groups is 2. The third kappa shape index (κ3) is 0.349. The van der Waals surface area contributed by atoms with Crippen molar-refractivity contribution in [1.82, 2.24) is 5.06 Å². The van der Waals surface area contributed by atoms with E-state index in [1.807, 2.05) is 0 Å². The van der Waals surface area contributed by atoms with Crippen LogP contribution in [0, 0.1) is 0 Å². The first kappa shape index (κ1) is 5.77. The van der Waals surface area contributed by atoms with Crippen LogP contribution in [-0.4, -0.2) is 22.4 Å². The molecular formula is C2HF4NO. The Labute approximate surface area is 41.3 Å². The fraction of sp³-hybridized carbons (Fsp3) is 1.00. The molecule has 0 atom stereocenters. The highest BCUT2D eigenvalue weighted by atomic mass is 19.3. The standard InChI is InChI=1S/C2HF4NO/c3-1(4)2(5,6)7(1)8/h8H. The number of halogens is 4. The minimum atomic E-state index is -4.34. The van der Waals surface area contributed by atoms with Gasteiger partial charge in [0.05, 0.1) is 0 Å². The Hall–Kier alpha value is -0.360. The van der Waals surface area contributed by atoms with Gasteiger partial charge in [0.25, 0.3) is 0 Å². The number of hydrogen-bond acceptors (Lipinski definition) is 2. The maximum atomic E-state index is 11.2. The van der Waals surface area contributed by atoms with Crippen LogP contribution in [0.25, 0.3) is 0 Å². The van der Waals surface area contributed by atoms with Gasteiger partial charge in [-0.1, -0.05) is 0 Å². The highest BCUT2D eigenvalue weighted by molar-refractivity contribution is 4.95. The molecule has 2 nitrogen and oxygen atoms in total. The van der Waals surface area contributed by atoms with Crippen molar-refractivity contribution in [2.45, 2.75) is 12.1 Å². The lowest BCUT2D eigenvalue weighted by molar-refractivity contribution is -0.120. The Morgan fingerprint density at radius 2 is 1.12 bits per heavy atom. The van der Waals surface area contributed by atoms with Gasteiger partial charge in [0.15, 0.2) is 0 Å². The molecule has 0 unspecified atom stereocenters. The maximum Gasteiger partial charge on any atom is 0.410 e. The van der Waals surface area contributed by atoms with Crippen molar-refractivity contribution in [2.75, 3.05) is 0 Å². The van der Waals surface area contributed by atoms with Crippen LogP contribution in [0.15, 0.2) is 0 Å². The Kier molecular flexibility index (Phi) is 0.711. The van der Waals surface area contributed by atoms with E-state index < -0.39 is 17.2 Å². The van der Waals surface area contributed by atoms with Gasteiger partial charge in [0.1, 0.15) is 0 Å². The van der Waals surface area contributed by atoms with Gasteiger partial charge >= 0.3 is 12.1 Å². The zero-order chi connectivity index (χ0) is 6.58. The van der Waals surface area contributed by atoms with Crippen LogP contribution in [0.3, 0.4) is 0 Å². The van der Waals surface area contributed by atoms with Gasteiger partial charge in [0, 0.05) is 0 Å². The van der Waals surface area contributed by atoms with Crippen molar-refractivity contribution in [3.05, 3.63) is 0 Å². The second-order valence-electron chi connectivity index (χ2n) is 1.39. The summed E-state index contributed by atoms with van der Waals surface area (Å²) >= 11 is 0. The van der Waals surface area contributed by atoms with Crippen molar-refractivity contribution in [2.24, 2.45) is 0 Å². The second kappa shape index (κ2) is 0.985. The summed E-state index contributed by atoms with van der Waals surface area (Å²) in [6.45, 7) is 0. The zero-order valence-electron chi connectivity index (χ0n) is 3.41. The molecule has 1 aliphatic heterocycles. The van der Waals surface area contributed by atoms with Crippen LogP contribution in [-0.2, 0) is 0 Å². The molecule has 1 fully saturated rings. The predicted octanol–water partition coefficient (Wildman–Crippen LogP) is 0.877. The first-order valence-corrected chi connectivity index (χ1v) is 1.65. The van der Waals surface area contributed by atoms with E-state index in [1.165, 1.54) is 0 Å². The topological polar surface area (TPSA) is 23.2 Å².